The molecule has 2 N–H and O–H groups in total. The Balaban J connectivity index is 0.00000161. The van der Waals surface area contributed by atoms with Gasteiger partial charge in [-0.25, -0.2) is 0 Å². The maximum atomic E-state index is 12.0. The van der Waals surface area contributed by atoms with E-state index in [1.807, 2.05) is 4.90 Å². The lowest BCUT2D eigenvalue weighted by Gasteiger charge is -2.34. The smallest absolute Gasteiger partial charge is 0.249 e. The number of carbonyl (C=O) groups is 1. The molecule has 0 bridgehead atoms. The van der Waals surface area contributed by atoms with E-state index >= 15 is 0 Å². The number of nitrogens with zero attached hydrogens (tertiary/aromatic N) is 3. The standard InChI is InChI=1S/C14H22N4O2.ClH/c1-9(2)11(18-8-3-5-10(18)19)12-16-13(17-20-12)14(15)6-4-7-14;/h9,11H,3-8,15H2,1-2H3;1H. The number of hydrogen-bond donors (Lipinski definition) is 1. The molecule has 0 spiro atoms. The summed E-state index contributed by atoms with van der Waals surface area (Å²) >= 11 is 0. The van der Waals surface area contributed by atoms with Crippen molar-refractivity contribution in [3.05, 3.63) is 11.7 Å². The van der Waals surface area contributed by atoms with Crippen LogP contribution in [0.15, 0.2) is 4.52 Å². The predicted octanol–water partition coefficient (Wildman–Crippen LogP) is 2.15. The fourth-order valence-electron chi connectivity index (χ4n) is 3.08. The van der Waals surface area contributed by atoms with Crippen LogP contribution in [0.5, 0.6) is 0 Å². The maximum absolute atomic E-state index is 12.0. The first-order valence-corrected chi connectivity index (χ1v) is 7.44. The molecule has 1 unspecified atom stereocenters. The number of carbonyl (C=O) groups excluding carboxylic acids is 1. The summed E-state index contributed by atoms with van der Waals surface area (Å²) in [6, 6.07) is -0.130. The van der Waals surface area contributed by atoms with Gasteiger partial charge in [0.25, 0.3) is 0 Å². The first-order chi connectivity index (χ1) is 9.51. The van der Waals surface area contributed by atoms with Crippen LogP contribution < -0.4 is 5.73 Å². The number of rotatable bonds is 4. The lowest BCUT2D eigenvalue weighted by Crippen LogP contribution is -2.44. The number of halogens is 1. The van der Waals surface area contributed by atoms with E-state index in [0.717, 1.165) is 32.2 Å². The summed E-state index contributed by atoms with van der Waals surface area (Å²) in [6.45, 7) is 4.91. The maximum Gasteiger partial charge on any atom is 0.249 e. The Morgan fingerprint density at radius 1 is 1.33 bits per heavy atom. The molecule has 0 aromatic carbocycles. The van der Waals surface area contributed by atoms with Gasteiger partial charge in [0.1, 0.15) is 6.04 Å². The van der Waals surface area contributed by atoms with Gasteiger partial charge in [0.15, 0.2) is 5.82 Å². The lowest BCUT2D eigenvalue weighted by atomic mass is 9.77. The van der Waals surface area contributed by atoms with Crippen molar-refractivity contribution in [3.8, 4) is 0 Å². The van der Waals surface area contributed by atoms with Gasteiger partial charge in [-0.1, -0.05) is 19.0 Å². The third kappa shape index (κ3) is 2.79. The molecule has 2 heterocycles. The summed E-state index contributed by atoms with van der Waals surface area (Å²) in [7, 11) is 0. The second-order valence-corrected chi connectivity index (χ2v) is 6.35. The minimum absolute atomic E-state index is 0. The first-order valence-electron chi connectivity index (χ1n) is 7.44. The van der Waals surface area contributed by atoms with Crippen molar-refractivity contribution in [2.45, 2.75) is 57.5 Å². The normalized spacial score (nSPS) is 22.1. The van der Waals surface area contributed by atoms with Crippen molar-refractivity contribution in [1.82, 2.24) is 15.0 Å². The zero-order chi connectivity index (χ0) is 14.3. The van der Waals surface area contributed by atoms with Gasteiger partial charge >= 0.3 is 0 Å². The number of aromatic nitrogens is 2. The number of amides is 1. The van der Waals surface area contributed by atoms with Gasteiger partial charge in [-0.2, -0.15) is 4.98 Å². The molecule has 2 fully saturated rings. The third-order valence-corrected chi connectivity index (χ3v) is 4.46. The van der Waals surface area contributed by atoms with E-state index in [2.05, 4.69) is 24.0 Å². The SMILES string of the molecule is CC(C)C(c1nc(C2(N)CCC2)no1)N1CCCC1=O.Cl. The van der Waals surface area contributed by atoms with E-state index in [1.54, 1.807) is 0 Å². The molecular weight excluding hydrogens is 292 g/mol. The van der Waals surface area contributed by atoms with Crippen LogP contribution in [-0.2, 0) is 10.3 Å². The molecule has 21 heavy (non-hydrogen) atoms. The minimum Gasteiger partial charge on any atom is -0.337 e. The predicted molar refractivity (Wildman–Crippen MR) is 79.8 cm³/mol. The van der Waals surface area contributed by atoms with Crippen molar-refractivity contribution in [2.24, 2.45) is 11.7 Å². The Kier molecular flexibility index (Phi) is 4.58. The zero-order valence-corrected chi connectivity index (χ0v) is 13.4. The highest BCUT2D eigenvalue weighted by molar-refractivity contribution is 5.85. The van der Waals surface area contributed by atoms with Crippen molar-refractivity contribution < 1.29 is 9.32 Å². The van der Waals surface area contributed by atoms with Crippen LogP contribution in [0.3, 0.4) is 0 Å². The van der Waals surface area contributed by atoms with E-state index in [0.29, 0.717) is 18.1 Å². The van der Waals surface area contributed by atoms with Crippen LogP contribution in [-0.4, -0.2) is 27.5 Å². The van der Waals surface area contributed by atoms with Crippen LogP contribution >= 0.6 is 12.4 Å². The molecule has 1 amide bonds. The molecule has 1 saturated carbocycles. The van der Waals surface area contributed by atoms with E-state index in [-0.39, 0.29) is 30.3 Å². The fraction of sp³-hybridized carbons (Fsp3) is 0.786. The summed E-state index contributed by atoms with van der Waals surface area (Å²) in [6.07, 6.45) is 4.44. The Bertz CT molecular complexity index is 513. The average molecular weight is 315 g/mol. The van der Waals surface area contributed by atoms with Gasteiger partial charge in [0, 0.05) is 13.0 Å². The molecule has 1 aliphatic carbocycles. The molecule has 6 nitrogen and oxygen atoms in total. The third-order valence-electron chi connectivity index (χ3n) is 4.46. The van der Waals surface area contributed by atoms with Gasteiger partial charge in [-0.15, -0.1) is 12.4 Å². The Hall–Kier alpha value is -1.14. The van der Waals surface area contributed by atoms with Gasteiger partial charge in [0.2, 0.25) is 11.8 Å². The molecule has 1 aromatic heterocycles. The van der Waals surface area contributed by atoms with Crippen molar-refractivity contribution >= 4 is 18.3 Å². The topological polar surface area (TPSA) is 85.2 Å². The van der Waals surface area contributed by atoms with Gasteiger partial charge in [-0.05, 0) is 31.6 Å². The minimum atomic E-state index is -0.418. The highest BCUT2D eigenvalue weighted by atomic mass is 35.5. The van der Waals surface area contributed by atoms with Crippen LogP contribution in [0, 0.1) is 5.92 Å². The Morgan fingerprint density at radius 3 is 2.52 bits per heavy atom. The van der Waals surface area contributed by atoms with Gasteiger partial charge < -0.3 is 15.2 Å². The van der Waals surface area contributed by atoms with Crippen molar-refractivity contribution in [1.29, 1.82) is 0 Å². The van der Waals surface area contributed by atoms with Crippen molar-refractivity contribution in [3.63, 3.8) is 0 Å². The average Bonchev–Trinajstić information content (AvgIpc) is 2.97. The molecule has 2 aliphatic rings. The highest BCUT2D eigenvalue weighted by Gasteiger charge is 2.41. The summed E-state index contributed by atoms with van der Waals surface area (Å²) < 4.78 is 5.44. The molecule has 3 rings (SSSR count). The molecular formula is C14H23ClN4O2. The van der Waals surface area contributed by atoms with Crippen LogP contribution in [0.25, 0.3) is 0 Å². The Morgan fingerprint density at radius 2 is 2.05 bits per heavy atom. The molecule has 1 aliphatic heterocycles. The van der Waals surface area contributed by atoms with Crippen LogP contribution in [0.4, 0.5) is 0 Å². The number of likely N-dealkylation sites (tertiary alicyclic amines) is 1. The monoisotopic (exact) mass is 314 g/mol. The second kappa shape index (κ2) is 5.93. The summed E-state index contributed by atoms with van der Waals surface area (Å²) in [5, 5.41) is 4.06. The van der Waals surface area contributed by atoms with Crippen molar-refractivity contribution in [2.75, 3.05) is 6.54 Å². The summed E-state index contributed by atoms with van der Waals surface area (Å²) in [5.41, 5.74) is 5.81. The van der Waals surface area contributed by atoms with E-state index in [9.17, 15) is 4.79 Å². The number of hydrogen-bond acceptors (Lipinski definition) is 5. The van der Waals surface area contributed by atoms with Gasteiger partial charge in [0.05, 0.1) is 5.54 Å². The molecule has 1 saturated heterocycles. The van der Waals surface area contributed by atoms with E-state index in [1.165, 1.54) is 0 Å². The molecule has 0 radical (unpaired) electrons. The molecule has 1 aromatic rings. The lowest BCUT2D eigenvalue weighted by molar-refractivity contribution is -0.131. The van der Waals surface area contributed by atoms with E-state index < -0.39 is 5.54 Å². The summed E-state index contributed by atoms with van der Waals surface area (Å²) in [4.78, 5) is 18.4. The second-order valence-electron chi connectivity index (χ2n) is 6.35. The first kappa shape index (κ1) is 16.2. The molecule has 118 valence electrons. The zero-order valence-electron chi connectivity index (χ0n) is 12.5. The number of nitrogens with two attached hydrogens (primary N) is 1. The van der Waals surface area contributed by atoms with Gasteiger partial charge in [-0.3, -0.25) is 4.79 Å². The van der Waals surface area contributed by atoms with E-state index in [4.69, 9.17) is 10.3 Å². The highest BCUT2D eigenvalue weighted by Crippen LogP contribution is 2.38. The van der Waals surface area contributed by atoms with Crippen LogP contribution in [0.1, 0.15) is 63.7 Å². The van der Waals surface area contributed by atoms with Crippen LogP contribution in [0.2, 0.25) is 0 Å². The molecule has 1 atom stereocenters. The Labute approximate surface area is 130 Å². The summed E-state index contributed by atoms with van der Waals surface area (Å²) in [5.74, 6) is 1.54. The largest absolute Gasteiger partial charge is 0.337 e. The molecule has 7 heteroatoms. The quantitative estimate of drug-likeness (QED) is 0.920. The fourth-order valence-corrected chi connectivity index (χ4v) is 3.08.